The van der Waals surface area contributed by atoms with Gasteiger partial charge in [-0.1, -0.05) is 0 Å². The molecule has 1 aliphatic rings. The number of halogens is 3. The standard InChI is InChI=1S/C20H18F3N5O2/c1-25-18(29)17-12-27(19(30)13-4-6-26-7-5-13)8-9-28(17)15-3-2-14(11-24)16(10-15)20(21,22)23/h2-7,10,17H,8-9,12H2,1H3,(H,25,29). The summed E-state index contributed by atoms with van der Waals surface area (Å²) in [6, 6.07) is 7.11. The molecule has 0 saturated carbocycles. The van der Waals surface area contributed by atoms with E-state index in [4.69, 9.17) is 5.26 Å². The number of hydrogen-bond donors (Lipinski definition) is 1. The van der Waals surface area contributed by atoms with Crippen LogP contribution in [0.3, 0.4) is 0 Å². The Morgan fingerprint density at radius 3 is 2.50 bits per heavy atom. The number of carbonyl (C=O) groups excluding carboxylic acids is 2. The molecule has 10 heteroatoms. The van der Waals surface area contributed by atoms with Crippen molar-refractivity contribution in [1.29, 1.82) is 5.26 Å². The van der Waals surface area contributed by atoms with Crippen LogP contribution in [0.25, 0.3) is 0 Å². The predicted molar refractivity (Wildman–Crippen MR) is 102 cm³/mol. The summed E-state index contributed by atoms with van der Waals surface area (Å²) >= 11 is 0. The third-order valence-electron chi connectivity index (χ3n) is 4.90. The fourth-order valence-electron chi connectivity index (χ4n) is 3.39. The molecule has 2 amide bonds. The number of likely N-dealkylation sites (N-methyl/N-ethyl adjacent to an activating group) is 1. The van der Waals surface area contributed by atoms with Gasteiger partial charge in [-0.3, -0.25) is 14.6 Å². The summed E-state index contributed by atoms with van der Waals surface area (Å²) in [6.45, 7) is 0.371. The van der Waals surface area contributed by atoms with E-state index in [1.165, 1.54) is 35.3 Å². The second-order valence-electron chi connectivity index (χ2n) is 6.65. The number of nitrogens with one attached hydrogen (secondary N) is 1. The van der Waals surface area contributed by atoms with Crippen LogP contribution in [0.4, 0.5) is 18.9 Å². The van der Waals surface area contributed by atoms with Crippen molar-refractivity contribution in [3.63, 3.8) is 0 Å². The maximum Gasteiger partial charge on any atom is 0.417 e. The van der Waals surface area contributed by atoms with E-state index in [0.717, 1.165) is 12.1 Å². The molecule has 2 heterocycles. The Kier molecular flexibility index (Phi) is 5.91. The van der Waals surface area contributed by atoms with E-state index in [2.05, 4.69) is 10.3 Å². The molecule has 1 atom stereocenters. The van der Waals surface area contributed by atoms with Crippen LogP contribution < -0.4 is 10.2 Å². The summed E-state index contributed by atoms with van der Waals surface area (Å²) in [5, 5.41) is 11.5. The first kappa shape index (κ1) is 21.1. The van der Waals surface area contributed by atoms with Crippen LogP contribution in [-0.4, -0.2) is 54.4 Å². The Morgan fingerprint density at radius 1 is 1.20 bits per heavy atom. The van der Waals surface area contributed by atoms with Crippen molar-refractivity contribution in [2.24, 2.45) is 0 Å². The Labute approximate surface area is 170 Å². The zero-order chi connectivity index (χ0) is 21.9. The summed E-state index contributed by atoms with van der Waals surface area (Å²) in [5.41, 5.74) is -0.986. The van der Waals surface area contributed by atoms with E-state index < -0.39 is 29.3 Å². The molecule has 1 aromatic carbocycles. The number of alkyl halides is 3. The monoisotopic (exact) mass is 417 g/mol. The minimum absolute atomic E-state index is 0.00216. The summed E-state index contributed by atoms with van der Waals surface area (Å²) in [4.78, 5) is 32.1. The van der Waals surface area contributed by atoms with Crippen molar-refractivity contribution in [3.8, 4) is 6.07 Å². The number of anilines is 1. The summed E-state index contributed by atoms with van der Waals surface area (Å²) < 4.78 is 40.1. The zero-order valence-electron chi connectivity index (χ0n) is 16.0. The van der Waals surface area contributed by atoms with Gasteiger partial charge < -0.3 is 15.1 Å². The highest BCUT2D eigenvalue weighted by Gasteiger charge is 2.37. The number of nitriles is 1. The van der Waals surface area contributed by atoms with Crippen LogP contribution in [0, 0.1) is 11.3 Å². The Balaban J connectivity index is 1.92. The third-order valence-corrected chi connectivity index (χ3v) is 4.90. The molecule has 2 aromatic rings. The molecule has 1 N–H and O–H groups in total. The number of aromatic nitrogens is 1. The molecular formula is C20H18F3N5O2. The number of carbonyl (C=O) groups is 2. The topological polar surface area (TPSA) is 89.3 Å². The highest BCUT2D eigenvalue weighted by Crippen LogP contribution is 2.35. The van der Waals surface area contributed by atoms with Gasteiger partial charge in [0, 0.05) is 43.8 Å². The van der Waals surface area contributed by atoms with Gasteiger partial charge in [0.2, 0.25) is 5.91 Å². The van der Waals surface area contributed by atoms with Crippen LogP contribution in [0.2, 0.25) is 0 Å². The van der Waals surface area contributed by atoms with Crippen LogP contribution in [0.1, 0.15) is 21.5 Å². The first-order valence-electron chi connectivity index (χ1n) is 9.05. The van der Waals surface area contributed by atoms with Gasteiger partial charge in [-0.05, 0) is 30.3 Å². The second-order valence-corrected chi connectivity index (χ2v) is 6.65. The van der Waals surface area contributed by atoms with E-state index in [-0.39, 0.29) is 31.2 Å². The normalized spacial score (nSPS) is 16.7. The molecule has 1 saturated heterocycles. The summed E-state index contributed by atoms with van der Waals surface area (Å²) in [6.07, 6.45) is -1.74. The van der Waals surface area contributed by atoms with Gasteiger partial charge in [0.05, 0.1) is 23.7 Å². The second kappa shape index (κ2) is 8.41. The van der Waals surface area contributed by atoms with E-state index in [1.54, 1.807) is 18.2 Å². The lowest BCUT2D eigenvalue weighted by Crippen LogP contribution is -2.60. The third kappa shape index (κ3) is 4.20. The Bertz CT molecular complexity index is 988. The molecule has 0 spiro atoms. The Morgan fingerprint density at radius 2 is 1.90 bits per heavy atom. The maximum atomic E-state index is 13.4. The zero-order valence-corrected chi connectivity index (χ0v) is 16.0. The highest BCUT2D eigenvalue weighted by atomic mass is 19.4. The van der Waals surface area contributed by atoms with Crippen molar-refractivity contribution in [3.05, 3.63) is 59.4 Å². The highest BCUT2D eigenvalue weighted by molar-refractivity contribution is 5.95. The van der Waals surface area contributed by atoms with Crippen LogP contribution in [-0.2, 0) is 11.0 Å². The number of piperazine rings is 1. The van der Waals surface area contributed by atoms with E-state index in [1.807, 2.05) is 0 Å². The molecule has 7 nitrogen and oxygen atoms in total. The number of rotatable bonds is 3. The quantitative estimate of drug-likeness (QED) is 0.826. The molecule has 0 bridgehead atoms. The van der Waals surface area contributed by atoms with Crippen LogP contribution in [0.15, 0.2) is 42.7 Å². The van der Waals surface area contributed by atoms with Gasteiger partial charge in [0.15, 0.2) is 0 Å². The van der Waals surface area contributed by atoms with Crippen LogP contribution >= 0.6 is 0 Å². The number of amides is 2. The van der Waals surface area contributed by atoms with Crippen molar-refractivity contribution in [2.75, 3.05) is 31.6 Å². The SMILES string of the molecule is CNC(=O)C1CN(C(=O)c2ccncc2)CCN1c1ccc(C#N)c(C(F)(F)F)c1. The maximum absolute atomic E-state index is 13.4. The molecule has 1 fully saturated rings. The van der Waals surface area contributed by atoms with Gasteiger partial charge in [0.1, 0.15) is 6.04 Å². The average molecular weight is 417 g/mol. The minimum Gasteiger partial charge on any atom is -0.357 e. The fraction of sp³-hybridized carbons (Fsp3) is 0.300. The molecular weight excluding hydrogens is 399 g/mol. The predicted octanol–water partition coefficient (Wildman–Crippen LogP) is 2.05. The van der Waals surface area contributed by atoms with E-state index in [9.17, 15) is 22.8 Å². The smallest absolute Gasteiger partial charge is 0.357 e. The van der Waals surface area contributed by atoms with Gasteiger partial charge in [-0.25, -0.2) is 0 Å². The van der Waals surface area contributed by atoms with Gasteiger partial charge >= 0.3 is 6.18 Å². The number of pyridine rings is 1. The number of hydrogen-bond acceptors (Lipinski definition) is 5. The molecule has 1 unspecified atom stereocenters. The average Bonchev–Trinajstić information content (AvgIpc) is 2.77. The van der Waals surface area contributed by atoms with Crippen molar-refractivity contribution >= 4 is 17.5 Å². The molecule has 0 aliphatic carbocycles. The lowest BCUT2D eigenvalue weighted by Gasteiger charge is -2.42. The van der Waals surface area contributed by atoms with Gasteiger partial charge in [0.25, 0.3) is 5.91 Å². The van der Waals surface area contributed by atoms with Gasteiger partial charge in [-0.2, -0.15) is 18.4 Å². The molecule has 0 radical (unpaired) electrons. The lowest BCUT2D eigenvalue weighted by molar-refractivity contribution is -0.137. The number of benzene rings is 1. The molecule has 156 valence electrons. The van der Waals surface area contributed by atoms with Crippen molar-refractivity contribution in [2.45, 2.75) is 12.2 Å². The number of nitrogens with zero attached hydrogens (tertiary/aromatic N) is 4. The van der Waals surface area contributed by atoms with Crippen molar-refractivity contribution < 1.29 is 22.8 Å². The lowest BCUT2D eigenvalue weighted by atomic mass is 10.0. The summed E-state index contributed by atoms with van der Waals surface area (Å²) in [5.74, 6) is -0.720. The summed E-state index contributed by atoms with van der Waals surface area (Å²) in [7, 11) is 1.42. The van der Waals surface area contributed by atoms with Gasteiger partial charge in [-0.15, -0.1) is 0 Å². The largest absolute Gasteiger partial charge is 0.417 e. The van der Waals surface area contributed by atoms with E-state index in [0.29, 0.717) is 5.56 Å². The van der Waals surface area contributed by atoms with E-state index >= 15 is 0 Å². The first-order valence-corrected chi connectivity index (χ1v) is 9.05. The fourth-order valence-corrected chi connectivity index (χ4v) is 3.39. The minimum atomic E-state index is -4.71. The van der Waals surface area contributed by atoms with Crippen molar-refractivity contribution in [1.82, 2.24) is 15.2 Å². The van der Waals surface area contributed by atoms with Crippen LogP contribution in [0.5, 0.6) is 0 Å². The molecule has 1 aliphatic heterocycles. The molecule has 30 heavy (non-hydrogen) atoms. The first-order chi connectivity index (χ1) is 14.3. The molecule has 1 aromatic heterocycles. The Hall–Kier alpha value is -3.61. The molecule has 3 rings (SSSR count).